The molecule has 1 heterocycles. The lowest BCUT2D eigenvalue weighted by molar-refractivity contribution is -0.137. The summed E-state index contributed by atoms with van der Waals surface area (Å²) in [6.45, 7) is 0. The summed E-state index contributed by atoms with van der Waals surface area (Å²) in [6, 6.07) is 10.7. The molecular weight excluding hydrogens is 381 g/mol. The number of benzene rings is 2. The molecule has 9 heteroatoms. The summed E-state index contributed by atoms with van der Waals surface area (Å²) in [5.41, 5.74) is -0.678. The molecule has 27 heavy (non-hydrogen) atoms. The zero-order valence-corrected chi connectivity index (χ0v) is 14.8. The van der Waals surface area contributed by atoms with Gasteiger partial charge in [-0.3, -0.25) is 19.4 Å². The molecular formula is C18H13F3N2O3S. The maximum atomic E-state index is 13.0. The summed E-state index contributed by atoms with van der Waals surface area (Å²) in [4.78, 5) is 26.9. The van der Waals surface area contributed by atoms with E-state index in [1.54, 1.807) is 24.3 Å². The fourth-order valence-corrected chi connectivity index (χ4v) is 3.14. The van der Waals surface area contributed by atoms with E-state index in [2.05, 4.69) is 0 Å². The number of para-hydroxylation sites is 2. The van der Waals surface area contributed by atoms with Gasteiger partial charge < -0.3 is 4.74 Å². The van der Waals surface area contributed by atoms with Gasteiger partial charge in [-0.05, 0) is 42.5 Å². The normalized spacial score (nSPS) is 15.3. The van der Waals surface area contributed by atoms with Crippen molar-refractivity contribution < 1.29 is 27.5 Å². The average molecular weight is 394 g/mol. The van der Waals surface area contributed by atoms with Gasteiger partial charge in [0.25, 0.3) is 0 Å². The van der Waals surface area contributed by atoms with Crippen LogP contribution in [0.15, 0.2) is 48.5 Å². The molecule has 0 N–H and O–H groups in total. The monoisotopic (exact) mass is 394 g/mol. The number of carbonyl (C=O) groups is 2. The summed E-state index contributed by atoms with van der Waals surface area (Å²) in [7, 11) is 1.41. The Balaban J connectivity index is 2.06. The van der Waals surface area contributed by atoms with Crippen molar-refractivity contribution in [1.29, 1.82) is 0 Å². The van der Waals surface area contributed by atoms with Crippen LogP contribution >= 0.6 is 12.2 Å². The molecule has 0 saturated carbocycles. The standard InChI is InChI=1S/C18H13F3N2O3S/c1-26-14-8-3-2-7-13(14)23-16(25)10-15(24)22(17(23)27)12-6-4-5-11(9-12)18(19,20)21/h2-9H,10H2,1H3. The van der Waals surface area contributed by atoms with Gasteiger partial charge in [0.1, 0.15) is 12.2 Å². The highest BCUT2D eigenvalue weighted by atomic mass is 32.1. The van der Waals surface area contributed by atoms with Crippen molar-refractivity contribution in [3.8, 4) is 5.75 Å². The van der Waals surface area contributed by atoms with Gasteiger partial charge in [0, 0.05) is 0 Å². The molecule has 2 aromatic rings. The fourth-order valence-electron chi connectivity index (χ4n) is 2.73. The minimum absolute atomic E-state index is 0.0628. The van der Waals surface area contributed by atoms with Crippen LogP contribution < -0.4 is 14.5 Å². The Morgan fingerprint density at radius 1 is 1.00 bits per heavy atom. The Morgan fingerprint density at radius 3 is 2.33 bits per heavy atom. The summed E-state index contributed by atoms with van der Waals surface area (Å²) in [5.74, 6) is -0.945. The van der Waals surface area contributed by atoms with Crippen molar-refractivity contribution in [3.05, 3.63) is 54.1 Å². The van der Waals surface area contributed by atoms with Crippen molar-refractivity contribution in [2.45, 2.75) is 12.6 Å². The van der Waals surface area contributed by atoms with Gasteiger partial charge in [0.05, 0.1) is 24.0 Å². The van der Waals surface area contributed by atoms with Gasteiger partial charge in [-0.1, -0.05) is 18.2 Å². The predicted molar refractivity (Wildman–Crippen MR) is 96.6 cm³/mol. The largest absolute Gasteiger partial charge is 0.495 e. The van der Waals surface area contributed by atoms with E-state index in [1.807, 2.05) is 0 Å². The number of alkyl halides is 3. The molecule has 0 unspecified atom stereocenters. The molecule has 5 nitrogen and oxygen atoms in total. The van der Waals surface area contributed by atoms with Crippen LogP contribution in [-0.4, -0.2) is 24.0 Å². The van der Waals surface area contributed by atoms with Crippen LogP contribution in [-0.2, 0) is 15.8 Å². The van der Waals surface area contributed by atoms with Crippen molar-refractivity contribution in [2.75, 3.05) is 16.9 Å². The maximum Gasteiger partial charge on any atom is 0.416 e. The number of carbonyl (C=O) groups excluding carboxylic acids is 2. The molecule has 1 aliphatic heterocycles. The zero-order chi connectivity index (χ0) is 19.8. The molecule has 1 fully saturated rings. The smallest absolute Gasteiger partial charge is 0.416 e. The molecule has 1 saturated heterocycles. The quantitative estimate of drug-likeness (QED) is 0.588. The Labute approximate surface area is 157 Å². The first-order chi connectivity index (χ1) is 12.7. The van der Waals surface area contributed by atoms with Crippen LogP contribution in [0.1, 0.15) is 12.0 Å². The van der Waals surface area contributed by atoms with E-state index >= 15 is 0 Å². The summed E-state index contributed by atoms with van der Waals surface area (Å²) >= 11 is 5.28. The summed E-state index contributed by atoms with van der Waals surface area (Å²) in [6.07, 6.45) is -5.11. The maximum absolute atomic E-state index is 13.0. The Morgan fingerprint density at radius 2 is 1.67 bits per heavy atom. The topological polar surface area (TPSA) is 49.9 Å². The molecule has 0 radical (unpaired) electrons. The first-order valence-corrected chi connectivity index (χ1v) is 8.15. The van der Waals surface area contributed by atoms with Gasteiger partial charge in [0.2, 0.25) is 11.8 Å². The Hall–Kier alpha value is -2.94. The molecule has 0 aromatic heterocycles. The fraction of sp³-hybridized carbons (Fsp3) is 0.167. The molecule has 0 aliphatic carbocycles. The number of halogens is 3. The van der Waals surface area contributed by atoms with Gasteiger partial charge in [0.15, 0.2) is 5.11 Å². The minimum atomic E-state index is -4.57. The van der Waals surface area contributed by atoms with Crippen LogP contribution in [0.5, 0.6) is 5.75 Å². The number of thiocarbonyl (C=S) groups is 1. The second-order valence-electron chi connectivity index (χ2n) is 5.64. The highest BCUT2D eigenvalue weighted by Gasteiger charge is 2.39. The van der Waals surface area contributed by atoms with E-state index in [4.69, 9.17) is 17.0 Å². The Kier molecular flexibility index (Phi) is 4.88. The van der Waals surface area contributed by atoms with Crippen molar-refractivity contribution in [2.24, 2.45) is 0 Å². The third-order valence-corrected chi connectivity index (χ3v) is 4.31. The lowest BCUT2D eigenvalue weighted by atomic mass is 10.1. The van der Waals surface area contributed by atoms with Crippen LogP contribution in [0.4, 0.5) is 24.5 Å². The number of anilines is 2. The third kappa shape index (κ3) is 3.50. The molecule has 2 amide bonds. The molecule has 0 atom stereocenters. The number of nitrogens with zero attached hydrogens (tertiary/aromatic N) is 2. The van der Waals surface area contributed by atoms with Gasteiger partial charge in [-0.25, -0.2) is 0 Å². The highest BCUT2D eigenvalue weighted by molar-refractivity contribution is 7.81. The first kappa shape index (κ1) is 18.8. The first-order valence-electron chi connectivity index (χ1n) is 7.74. The van der Waals surface area contributed by atoms with Crippen molar-refractivity contribution in [1.82, 2.24) is 0 Å². The average Bonchev–Trinajstić information content (AvgIpc) is 2.61. The van der Waals surface area contributed by atoms with Crippen molar-refractivity contribution in [3.63, 3.8) is 0 Å². The lowest BCUT2D eigenvalue weighted by Crippen LogP contribution is -2.55. The SMILES string of the molecule is COc1ccccc1N1C(=O)CC(=O)N(c2cccc(C(F)(F)F)c2)C1=S. The highest BCUT2D eigenvalue weighted by Crippen LogP contribution is 2.35. The number of hydrogen-bond acceptors (Lipinski definition) is 4. The summed E-state index contributed by atoms with van der Waals surface area (Å²) < 4.78 is 44.3. The second kappa shape index (κ2) is 6.99. The summed E-state index contributed by atoms with van der Waals surface area (Å²) in [5, 5.41) is -0.236. The Bertz CT molecular complexity index is 930. The van der Waals surface area contributed by atoms with Crippen LogP contribution in [0.25, 0.3) is 0 Å². The second-order valence-corrected chi connectivity index (χ2v) is 6.00. The van der Waals surface area contributed by atoms with Gasteiger partial charge >= 0.3 is 6.18 Å². The number of methoxy groups -OCH3 is 1. The molecule has 3 rings (SSSR count). The van der Waals surface area contributed by atoms with Crippen LogP contribution in [0, 0.1) is 0 Å². The van der Waals surface area contributed by atoms with Gasteiger partial charge in [-0.2, -0.15) is 13.2 Å². The molecule has 0 spiro atoms. The van der Waals surface area contributed by atoms with E-state index in [0.717, 1.165) is 21.9 Å². The zero-order valence-electron chi connectivity index (χ0n) is 14.0. The minimum Gasteiger partial charge on any atom is -0.495 e. The molecule has 1 aliphatic rings. The number of ether oxygens (including phenoxy) is 1. The number of hydrogen-bond donors (Lipinski definition) is 0. The lowest BCUT2D eigenvalue weighted by Gasteiger charge is -2.36. The van der Waals surface area contributed by atoms with E-state index in [1.165, 1.54) is 19.2 Å². The van der Waals surface area contributed by atoms with Crippen LogP contribution in [0.3, 0.4) is 0 Å². The number of rotatable bonds is 3. The predicted octanol–water partition coefficient (Wildman–Crippen LogP) is 3.77. The molecule has 140 valence electrons. The van der Waals surface area contributed by atoms with E-state index in [-0.39, 0.29) is 10.8 Å². The van der Waals surface area contributed by atoms with Gasteiger partial charge in [-0.15, -0.1) is 0 Å². The van der Waals surface area contributed by atoms with Crippen molar-refractivity contribution >= 4 is 40.5 Å². The molecule has 2 aromatic carbocycles. The van der Waals surface area contributed by atoms with E-state index < -0.39 is 30.0 Å². The third-order valence-electron chi connectivity index (χ3n) is 3.94. The number of amides is 2. The van der Waals surface area contributed by atoms with E-state index in [9.17, 15) is 22.8 Å². The molecule has 0 bridgehead atoms. The van der Waals surface area contributed by atoms with E-state index in [0.29, 0.717) is 11.4 Å². The van der Waals surface area contributed by atoms with Crippen LogP contribution in [0.2, 0.25) is 0 Å².